The van der Waals surface area contributed by atoms with E-state index in [-0.39, 0.29) is 11.9 Å². The van der Waals surface area contributed by atoms with Gasteiger partial charge in [-0.3, -0.25) is 9.59 Å². The second kappa shape index (κ2) is 10.2. The molecule has 3 rings (SSSR count). The zero-order valence-corrected chi connectivity index (χ0v) is 17.4. The number of para-hydroxylation sites is 1. The summed E-state index contributed by atoms with van der Waals surface area (Å²) < 4.78 is 5.09. The molecule has 2 amide bonds. The lowest BCUT2D eigenvalue weighted by atomic mass is 10.1. The van der Waals surface area contributed by atoms with Crippen LogP contribution in [0.25, 0.3) is 0 Å². The van der Waals surface area contributed by atoms with Gasteiger partial charge in [-0.2, -0.15) is 0 Å². The Morgan fingerprint density at radius 3 is 2.35 bits per heavy atom. The van der Waals surface area contributed by atoms with Crippen molar-refractivity contribution in [3.05, 3.63) is 101 Å². The van der Waals surface area contributed by atoms with E-state index < -0.39 is 18.5 Å². The van der Waals surface area contributed by atoms with E-state index >= 15 is 0 Å². The molecular formula is C25H24N2O4. The van der Waals surface area contributed by atoms with Crippen LogP contribution in [0.2, 0.25) is 0 Å². The Kier molecular flexibility index (Phi) is 7.17. The third kappa shape index (κ3) is 6.02. The first-order chi connectivity index (χ1) is 14.9. The molecule has 3 aromatic carbocycles. The van der Waals surface area contributed by atoms with Crippen molar-refractivity contribution in [3.63, 3.8) is 0 Å². The smallest absolute Gasteiger partial charge is 0.338 e. The summed E-state index contributed by atoms with van der Waals surface area (Å²) in [6.45, 7) is 3.30. The molecule has 158 valence electrons. The Bertz CT molecular complexity index is 1080. The molecule has 0 saturated heterocycles. The highest BCUT2D eigenvalue weighted by Crippen LogP contribution is 2.18. The SMILES string of the molecule is Cc1cccc(C(=O)OCC(=O)Nc2ccccc2C(=O)NC(C)c2ccccc2)c1. The molecule has 0 saturated carbocycles. The standard InChI is InChI=1S/C25H24N2O4/c1-17-9-8-12-20(15-17)25(30)31-16-23(28)27-22-14-7-6-13-21(22)24(29)26-18(2)19-10-4-3-5-11-19/h3-15,18H,16H2,1-2H3,(H,26,29)(H,27,28). The van der Waals surface area contributed by atoms with Crippen molar-refractivity contribution in [2.75, 3.05) is 11.9 Å². The van der Waals surface area contributed by atoms with Crippen molar-refractivity contribution in [2.45, 2.75) is 19.9 Å². The van der Waals surface area contributed by atoms with E-state index in [1.165, 1.54) is 0 Å². The van der Waals surface area contributed by atoms with Crippen LogP contribution in [-0.4, -0.2) is 24.4 Å². The van der Waals surface area contributed by atoms with Crippen LogP contribution < -0.4 is 10.6 Å². The summed E-state index contributed by atoms with van der Waals surface area (Å²) in [6, 6.07) is 23.0. The van der Waals surface area contributed by atoms with E-state index in [4.69, 9.17) is 4.74 Å². The van der Waals surface area contributed by atoms with Gasteiger partial charge in [-0.05, 0) is 43.7 Å². The van der Waals surface area contributed by atoms with Gasteiger partial charge in [-0.15, -0.1) is 0 Å². The summed E-state index contributed by atoms with van der Waals surface area (Å²) >= 11 is 0. The maximum Gasteiger partial charge on any atom is 0.338 e. The van der Waals surface area contributed by atoms with Crippen LogP contribution in [0.5, 0.6) is 0 Å². The van der Waals surface area contributed by atoms with Crippen LogP contribution in [0, 0.1) is 6.92 Å². The van der Waals surface area contributed by atoms with Crippen molar-refractivity contribution in [3.8, 4) is 0 Å². The zero-order valence-electron chi connectivity index (χ0n) is 17.4. The second-order valence-corrected chi connectivity index (χ2v) is 7.15. The normalized spacial score (nSPS) is 11.3. The van der Waals surface area contributed by atoms with Crippen molar-refractivity contribution in [1.29, 1.82) is 0 Å². The molecule has 0 heterocycles. The molecule has 0 aromatic heterocycles. The first-order valence-electron chi connectivity index (χ1n) is 9.92. The Balaban J connectivity index is 1.61. The van der Waals surface area contributed by atoms with Gasteiger partial charge < -0.3 is 15.4 Å². The molecule has 6 nitrogen and oxygen atoms in total. The first kappa shape index (κ1) is 21.8. The fourth-order valence-electron chi connectivity index (χ4n) is 3.06. The van der Waals surface area contributed by atoms with Gasteiger partial charge in [0.25, 0.3) is 11.8 Å². The predicted octanol–water partition coefficient (Wildman–Crippen LogP) is 4.28. The highest BCUT2D eigenvalue weighted by molar-refractivity contribution is 6.04. The van der Waals surface area contributed by atoms with E-state index in [9.17, 15) is 14.4 Å². The third-order valence-electron chi connectivity index (χ3n) is 4.68. The van der Waals surface area contributed by atoms with Crippen molar-refractivity contribution >= 4 is 23.5 Å². The summed E-state index contributed by atoms with van der Waals surface area (Å²) in [5.74, 6) is -1.43. The number of amides is 2. The van der Waals surface area contributed by atoms with Crippen LogP contribution in [0.4, 0.5) is 5.69 Å². The van der Waals surface area contributed by atoms with Gasteiger partial charge in [-0.1, -0.05) is 60.2 Å². The first-order valence-corrected chi connectivity index (χ1v) is 9.92. The lowest BCUT2D eigenvalue weighted by Crippen LogP contribution is -2.28. The van der Waals surface area contributed by atoms with E-state index in [1.807, 2.05) is 50.2 Å². The molecule has 3 aromatic rings. The summed E-state index contributed by atoms with van der Waals surface area (Å²) in [4.78, 5) is 37.2. The summed E-state index contributed by atoms with van der Waals surface area (Å²) in [5.41, 5.74) is 2.94. The molecule has 0 aliphatic heterocycles. The number of carbonyl (C=O) groups is 3. The van der Waals surface area contributed by atoms with Crippen LogP contribution in [0.15, 0.2) is 78.9 Å². The fraction of sp³-hybridized carbons (Fsp3) is 0.160. The summed E-state index contributed by atoms with van der Waals surface area (Å²) in [7, 11) is 0. The minimum Gasteiger partial charge on any atom is -0.452 e. The van der Waals surface area contributed by atoms with Gasteiger partial charge in [-0.25, -0.2) is 4.79 Å². The van der Waals surface area contributed by atoms with Gasteiger partial charge in [0, 0.05) is 0 Å². The summed E-state index contributed by atoms with van der Waals surface area (Å²) in [5, 5.41) is 5.57. The molecule has 1 atom stereocenters. The van der Waals surface area contributed by atoms with Crippen LogP contribution in [0.3, 0.4) is 0 Å². The lowest BCUT2D eigenvalue weighted by Gasteiger charge is -2.16. The van der Waals surface area contributed by atoms with Crippen LogP contribution in [-0.2, 0) is 9.53 Å². The fourth-order valence-corrected chi connectivity index (χ4v) is 3.06. The average molecular weight is 416 g/mol. The topological polar surface area (TPSA) is 84.5 Å². The molecule has 0 bridgehead atoms. The molecule has 6 heteroatoms. The van der Waals surface area contributed by atoms with Crippen LogP contribution >= 0.6 is 0 Å². The number of anilines is 1. The Labute approximate surface area is 181 Å². The Hall–Kier alpha value is -3.93. The molecule has 2 N–H and O–H groups in total. The molecule has 0 aliphatic rings. The van der Waals surface area contributed by atoms with Crippen LogP contribution in [0.1, 0.15) is 44.8 Å². The number of nitrogens with one attached hydrogen (secondary N) is 2. The molecule has 0 spiro atoms. The molecular weight excluding hydrogens is 392 g/mol. The average Bonchev–Trinajstić information content (AvgIpc) is 2.78. The number of benzene rings is 3. The predicted molar refractivity (Wildman–Crippen MR) is 119 cm³/mol. The second-order valence-electron chi connectivity index (χ2n) is 7.15. The zero-order chi connectivity index (χ0) is 22.2. The molecule has 1 unspecified atom stereocenters. The van der Waals surface area contributed by atoms with Crippen molar-refractivity contribution < 1.29 is 19.1 Å². The highest BCUT2D eigenvalue weighted by Gasteiger charge is 2.17. The number of aryl methyl sites for hydroxylation is 1. The van der Waals surface area contributed by atoms with Crippen molar-refractivity contribution in [2.24, 2.45) is 0 Å². The number of hydrogen-bond acceptors (Lipinski definition) is 4. The molecule has 0 fully saturated rings. The van der Waals surface area contributed by atoms with Gasteiger partial charge in [0.15, 0.2) is 6.61 Å². The minimum atomic E-state index is -0.582. The number of rotatable bonds is 7. The lowest BCUT2D eigenvalue weighted by molar-refractivity contribution is -0.119. The van der Waals surface area contributed by atoms with Gasteiger partial charge in [0.1, 0.15) is 0 Å². The van der Waals surface area contributed by atoms with E-state index in [0.29, 0.717) is 16.8 Å². The number of ether oxygens (including phenoxy) is 1. The number of carbonyl (C=O) groups excluding carboxylic acids is 3. The summed E-state index contributed by atoms with van der Waals surface area (Å²) in [6.07, 6.45) is 0. The molecule has 31 heavy (non-hydrogen) atoms. The third-order valence-corrected chi connectivity index (χ3v) is 4.68. The molecule has 0 aliphatic carbocycles. The number of hydrogen-bond donors (Lipinski definition) is 2. The number of esters is 1. The molecule has 0 radical (unpaired) electrons. The van der Waals surface area contributed by atoms with Gasteiger partial charge in [0.05, 0.1) is 22.9 Å². The largest absolute Gasteiger partial charge is 0.452 e. The quantitative estimate of drug-likeness (QED) is 0.563. The van der Waals surface area contributed by atoms with Gasteiger partial charge >= 0.3 is 5.97 Å². The minimum absolute atomic E-state index is 0.201. The Morgan fingerprint density at radius 2 is 1.61 bits per heavy atom. The van der Waals surface area contributed by atoms with E-state index in [1.54, 1.807) is 42.5 Å². The van der Waals surface area contributed by atoms with E-state index in [0.717, 1.165) is 11.1 Å². The van der Waals surface area contributed by atoms with Crippen molar-refractivity contribution in [1.82, 2.24) is 5.32 Å². The maximum atomic E-state index is 12.8. The van der Waals surface area contributed by atoms with E-state index in [2.05, 4.69) is 10.6 Å². The van der Waals surface area contributed by atoms with Gasteiger partial charge in [0.2, 0.25) is 0 Å². The Morgan fingerprint density at radius 1 is 0.903 bits per heavy atom. The maximum absolute atomic E-state index is 12.8. The monoisotopic (exact) mass is 416 g/mol. The highest BCUT2D eigenvalue weighted by atomic mass is 16.5.